The molecular weight excluding hydrogens is 328 g/mol. The monoisotopic (exact) mass is 372 g/mol. The van der Waals surface area contributed by atoms with E-state index in [-0.39, 0.29) is 0 Å². The number of allylic oxidation sites excluding steroid dienone is 2. The van der Waals surface area contributed by atoms with Gasteiger partial charge in [-0.3, -0.25) is 0 Å². The van der Waals surface area contributed by atoms with Crippen LogP contribution in [0, 0.1) is 0 Å². The smallest absolute Gasteiger partial charge is 0.0506 e. The largest absolute Gasteiger partial charge is 0.381 e. The highest BCUT2D eigenvalue weighted by Crippen LogP contribution is 2.10. The molecule has 0 saturated heterocycles. The second-order valence-electron chi connectivity index (χ2n) is 7.79. The van der Waals surface area contributed by atoms with E-state index in [9.17, 15) is 0 Å². The zero-order chi connectivity index (χ0) is 19.3. The van der Waals surface area contributed by atoms with E-state index in [2.05, 4.69) is 49.4 Å². The SMILES string of the molecule is CCCCCCCCC=CCCCCCCCCOCCc1ccccc1. The topological polar surface area (TPSA) is 9.23 Å². The molecule has 0 unspecified atom stereocenters. The van der Waals surface area contributed by atoms with Gasteiger partial charge in [0.25, 0.3) is 0 Å². The van der Waals surface area contributed by atoms with E-state index in [1.807, 2.05) is 0 Å². The van der Waals surface area contributed by atoms with Crippen LogP contribution >= 0.6 is 0 Å². The lowest BCUT2D eigenvalue weighted by Crippen LogP contribution is -2.00. The van der Waals surface area contributed by atoms with Crippen LogP contribution in [0.5, 0.6) is 0 Å². The normalized spacial score (nSPS) is 11.4. The molecule has 0 amide bonds. The molecule has 0 atom stereocenters. The minimum Gasteiger partial charge on any atom is -0.381 e. The van der Waals surface area contributed by atoms with Crippen LogP contribution in [-0.2, 0) is 11.2 Å². The van der Waals surface area contributed by atoms with Gasteiger partial charge in [-0.1, -0.05) is 107 Å². The summed E-state index contributed by atoms with van der Waals surface area (Å²) in [5.74, 6) is 0. The van der Waals surface area contributed by atoms with Crippen molar-refractivity contribution in [2.75, 3.05) is 13.2 Å². The predicted molar refractivity (Wildman–Crippen MR) is 120 cm³/mol. The van der Waals surface area contributed by atoms with Crippen molar-refractivity contribution in [3.05, 3.63) is 48.0 Å². The van der Waals surface area contributed by atoms with E-state index in [0.29, 0.717) is 0 Å². The van der Waals surface area contributed by atoms with Gasteiger partial charge in [0, 0.05) is 6.61 Å². The van der Waals surface area contributed by atoms with Gasteiger partial charge in [0.05, 0.1) is 6.61 Å². The lowest BCUT2D eigenvalue weighted by Gasteiger charge is -2.04. The van der Waals surface area contributed by atoms with Crippen LogP contribution in [0.1, 0.15) is 102 Å². The van der Waals surface area contributed by atoms with Gasteiger partial charge in [0.1, 0.15) is 0 Å². The Balaban J connectivity index is 1.72. The fourth-order valence-corrected chi connectivity index (χ4v) is 3.39. The van der Waals surface area contributed by atoms with E-state index >= 15 is 0 Å². The lowest BCUT2D eigenvalue weighted by atomic mass is 10.1. The van der Waals surface area contributed by atoms with Crippen LogP contribution in [0.3, 0.4) is 0 Å². The number of hydrogen-bond donors (Lipinski definition) is 0. The summed E-state index contributed by atoms with van der Waals surface area (Å²) >= 11 is 0. The molecular formula is C26H44O. The quantitative estimate of drug-likeness (QED) is 0.175. The van der Waals surface area contributed by atoms with Gasteiger partial charge in [-0.15, -0.1) is 0 Å². The second-order valence-corrected chi connectivity index (χ2v) is 7.79. The van der Waals surface area contributed by atoms with Gasteiger partial charge >= 0.3 is 0 Å². The molecule has 0 aromatic heterocycles. The average Bonchev–Trinajstić information content (AvgIpc) is 2.70. The Kier molecular flexibility index (Phi) is 17.5. The average molecular weight is 373 g/mol. The number of benzene rings is 1. The lowest BCUT2D eigenvalue weighted by molar-refractivity contribution is 0.133. The zero-order valence-corrected chi connectivity index (χ0v) is 18.0. The third kappa shape index (κ3) is 16.8. The molecule has 0 saturated carbocycles. The first-order chi connectivity index (χ1) is 13.4. The van der Waals surface area contributed by atoms with E-state index in [1.54, 1.807) is 0 Å². The Morgan fingerprint density at radius 1 is 0.630 bits per heavy atom. The fraction of sp³-hybridized carbons (Fsp3) is 0.692. The van der Waals surface area contributed by atoms with Crippen LogP contribution in [0.2, 0.25) is 0 Å². The molecule has 1 nitrogen and oxygen atoms in total. The highest BCUT2D eigenvalue weighted by atomic mass is 16.5. The minimum absolute atomic E-state index is 0.856. The highest BCUT2D eigenvalue weighted by molar-refractivity contribution is 5.14. The zero-order valence-electron chi connectivity index (χ0n) is 18.0. The number of unbranched alkanes of at least 4 members (excludes halogenated alkanes) is 12. The number of ether oxygens (including phenoxy) is 1. The second kappa shape index (κ2) is 19.7. The molecule has 0 radical (unpaired) electrons. The summed E-state index contributed by atoms with van der Waals surface area (Å²) in [4.78, 5) is 0. The van der Waals surface area contributed by atoms with Crippen molar-refractivity contribution in [1.29, 1.82) is 0 Å². The van der Waals surface area contributed by atoms with Gasteiger partial charge in [0.2, 0.25) is 0 Å². The Morgan fingerprint density at radius 3 is 1.81 bits per heavy atom. The summed E-state index contributed by atoms with van der Waals surface area (Å²) in [7, 11) is 0. The molecule has 0 aliphatic heterocycles. The van der Waals surface area contributed by atoms with Crippen LogP contribution in [-0.4, -0.2) is 13.2 Å². The van der Waals surface area contributed by atoms with E-state index in [0.717, 1.165) is 19.6 Å². The highest BCUT2D eigenvalue weighted by Gasteiger charge is 1.94. The Hall–Kier alpha value is -1.08. The predicted octanol–water partition coefficient (Wildman–Crippen LogP) is 8.28. The number of hydrogen-bond acceptors (Lipinski definition) is 1. The molecule has 0 spiro atoms. The van der Waals surface area contributed by atoms with Crippen LogP contribution < -0.4 is 0 Å². The first-order valence-electron chi connectivity index (χ1n) is 11.7. The molecule has 1 aromatic carbocycles. The van der Waals surface area contributed by atoms with Crippen molar-refractivity contribution in [1.82, 2.24) is 0 Å². The van der Waals surface area contributed by atoms with Crippen molar-refractivity contribution in [2.24, 2.45) is 0 Å². The van der Waals surface area contributed by atoms with Gasteiger partial charge in [-0.05, 0) is 44.1 Å². The maximum absolute atomic E-state index is 5.75. The van der Waals surface area contributed by atoms with Gasteiger partial charge in [0.15, 0.2) is 0 Å². The molecule has 0 fully saturated rings. The molecule has 1 rings (SSSR count). The van der Waals surface area contributed by atoms with Crippen LogP contribution in [0.4, 0.5) is 0 Å². The molecule has 154 valence electrons. The summed E-state index contributed by atoms with van der Waals surface area (Å²) < 4.78 is 5.75. The summed E-state index contributed by atoms with van der Waals surface area (Å²) in [6.07, 6.45) is 24.9. The van der Waals surface area contributed by atoms with Crippen molar-refractivity contribution in [3.63, 3.8) is 0 Å². The maximum atomic E-state index is 5.75. The first-order valence-corrected chi connectivity index (χ1v) is 11.7. The fourth-order valence-electron chi connectivity index (χ4n) is 3.39. The third-order valence-corrected chi connectivity index (χ3v) is 5.18. The van der Waals surface area contributed by atoms with E-state index in [1.165, 1.54) is 95.5 Å². The minimum atomic E-state index is 0.856. The van der Waals surface area contributed by atoms with Gasteiger partial charge in [-0.25, -0.2) is 0 Å². The van der Waals surface area contributed by atoms with Gasteiger partial charge < -0.3 is 4.74 Å². The van der Waals surface area contributed by atoms with Crippen molar-refractivity contribution < 1.29 is 4.74 Å². The molecule has 0 bridgehead atoms. The maximum Gasteiger partial charge on any atom is 0.0506 e. The van der Waals surface area contributed by atoms with E-state index in [4.69, 9.17) is 4.74 Å². The van der Waals surface area contributed by atoms with Crippen molar-refractivity contribution in [2.45, 2.75) is 103 Å². The Bertz CT molecular complexity index is 423. The standard InChI is InChI=1S/C26H44O/c1-2-3-4-5-6-7-8-9-10-11-12-13-14-15-16-20-24-27-25-23-26-21-18-17-19-22-26/h9-10,17-19,21-22H,2-8,11-16,20,23-25H2,1H3. The van der Waals surface area contributed by atoms with E-state index < -0.39 is 0 Å². The molecule has 1 heteroatoms. The summed E-state index contributed by atoms with van der Waals surface area (Å²) in [5.41, 5.74) is 1.37. The van der Waals surface area contributed by atoms with Gasteiger partial charge in [-0.2, -0.15) is 0 Å². The van der Waals surface area contributed by atoms with Crippen LogP contribution in [0.15, 0.2) is 42.5 Å². The molecule has 27 heavy (non-hydrogen) atoms. The summed E-state index contributed by atoms with van der Waals surface area (Å²) in [6.45, 7) is 4.06. The Labute approximate surface area is 169 Å². The first kappa shape index (κ1) is 24.0. The third-order valence-electron chi connectivity index (χ3n) is 5.18. The van der Waals surface area contributed by atoms with Crippen molar-refractivity contribution in [3.8, 4) is 0 Å². The summed E-state index contributed by atoms with van der Waals surface area (Å²) in [5, 5.41) is 0. The summed E-state index contributed by atoms with van der Waals surface area (Å²) in [6, 6.07) is 10.6. The van der Waals surface area contributed by atoms with Crippen LogP contribution in [0.25, 0.3) is 0 Å². The molecule has 1 aromatic rings. The molecule has 0 N–H and O–H groups in total. The molecule has 0 aliphatic carbocycles. The Morgan fingerprint density at radius 2 is 1.19 bits per heavy atom. The van der Waals surface area contributed by atoms with Crippen molar-refractivity contribution >= 4 is 0 Å². The molecule has 0 aliphatic rings. The number of rotatable bonds is 19. The molecule has 0 heterocycles.